The number of ether oxygens (including phenoxy) is 2. The van der Waals surface area contributed by atoms with Crippen LogP contribution in [0.1, 0.15) is 24.3 Å². The zero-order chi connectivity index (χ0) is 15.0. The second kappa shape index (κ2) is 5.39. The van der Waals surface area contributed by atoms with Gasteiger partial charge in [0.25, 0.3) is 0 Å². The molecule has 0 saturated carbocycles. The van der Waals surface area contributed by atoms with Gasteiger partial charge in [0, 0.05) is 18.0 Å². The maximum Gasteiger partial charge on any atom is 0.410 e. The monoisotopic (exact) mass is 289 g/mol. The van der Waals surface area contributed by atoms with E-state index in [1.807, 2.05) is 30.3 Å². The van der Waals surface area contributed by atoms with Crippen LogP contribution in [0.5, 0.6) is 0 Å². The lowest BCUT2D eigenvalue weighted by atomic mass is 9.75. The third-order valence-electron chi connectivity index (χ3n) is 4.73. The maximum absolute atomic E-state index is 12.2. The van der Waals surface area contributed by atoms with Gasteiger partial charge in [0.05, 0.1) is 20.1 Å². The standard InChI is InChI=1S/C16H19NO4/c1-20-15(18)14-12-9-8-11(17(12)16(19)21-2)13(14)10-6-4-3-5-7-10/h3-7,11-14H,8-9H2,1-2H3/t11-,12+,13+,14-/m0/s1. The highest BCUT2D eigenvalue weighted by molar-refractivity contribution is 5.79. The zero-order valence-corrected chi connectivity index (χ0v) is 12.2. The highest BCUT2D eigenvalue weighted by Gasteiger charge is 2.58. The molecule has 2 saturated heterocycles. The molecule has 5 heteroatoms. The van der Waals surface area contributed by atoms with Crippen LogP contribution in [0.4, 0.5) is 4.79 Å². The third-order valence-corrected chi connectivity index (χ3v) is 4.73. The fourth-order valence-corrected chi connectivity index (χ4v) is 3.97. The van der Waals surface area contributed by atoms with Crippen molar-refractivity contribution in [2.75, 3.05) is 14.2 Å². The predicted molar refractivity (Wildman–Crippen MR) is 75.7 cm³/mol. The molecule has 1 aromatic rings. The summed E-state index contributed by atoms with van der Waals surface area (Å²) in [6, 6.07) is 9.76. The van der Waals surface area contributed by atoms with Gasteiger partial charge in [-0.1, -0.05) is 30.3 Å². The van der Waals surface area contributed by atoms with E-state index >= 15 is 0 Å². The summed E-state index contributed by atoms with van der Waals surface area (Å²) in [5.41, 5.74) is 1.08. The van der Waals surface area contributed by atoms with Crippen molar-refractivity contribution in [3.8, 4) is 0 Å². The first-order valence-corrected chi connectivity index (χ1v) is 7.18. The Morgan fingerprint density at radius 1 is 1.05 bits per heavy atom. The molecule has 112 valence electrons. The van der Waals surface area contributed by atoms with Gasteiger partial charge in [-0.15, -0.1) is 0 Å². The first-order valence-electron chi connectivity index (χ1n) is 7.18. The summed E-state index contributed by atoms with van der Waals surface area (Å²) in [5.74, 6) is -0.572. The molecule has 2 aliphatic rings. The van der Waals surface area contributed by atoms with E-state index in [1.54, 1.807) is 4.90 Å². The Labute approximate surface area is 123 Å². The third kappa shape index (κ3) is 2.07. The van der Waals surface area contributed by atoms with Gasteiger partial charge >= 0.3 is 12.1 Å². The molecule has 0 aliphatic carbocycles. The number of fused-ring (bicyclic) bond motifs is 2. The van der Waals surface area contributed by atoms with Crippen LogP contribution in [0.2, 0.25) is 0 Å². The summed E-state index contributed by atoms with van der Waals surface area (Å²) in [6.45, 7) is 0. The summed E-state index contributed by atoms with van der Waals surface area (Å²) in [7, 11) is 2.78. The number of carbonyl (C=O) groups excluding carboxylic acids is 2. The topological polar surface area (TPSA) is 55.8 Å². The molecule has 2 fully saturated rings. The normalized spacial score (nSPS) is 30.3. The molecule has 0 spiro atoms. The van der Waals surface area contributed by atoms with Crippen molar-refractivity contribution >= 4 is 12.1 Å². The lowest BCUT2D eigenvalue weighted by Gasteiger charge is -2.27. The number of rotatable bonds is 2. The summed E-state index contributed by atoms with van der Waals surface area (Å²) in [4.78, 5) is 26.0. The molecule has 2 bridgehead atoms. The molecular formula is C16H19NO4. The SMILES string of the molecule is COC(=O)[C@@H]1[C@H](c2ccccc2)[C@@H]2CC[C@H]1N2C(=O)OC. The van der Waals surface area contributed by atoms with E-state index in [1.165, 1.54) is 14.2 Å². The average Bonchev–Trinajstić information content (AvgIpc) is 3.10. The van der Waals surface area contributed by atoms with Crippen molar-refractivity contribution in [3.63, 3.8) is 0 Å². The maximum atomic E-state index is 12.2. The highest BCUT2D eigenvalue weighted by Crippen LogP contribution is 2.51. The molecule has 1 amide bonds. The minimum absolute atomic E-state index is 0.00829. The van der Waals surface area contributed by atoms with Crippen molar-refractivity contribution in [1.82, 2.24) is 4.90 Å². The lowest BCUT2D eigenvalue weighted by Crippen LogP contribution is -2.37. The van der Waals surface area contributed by atoms with Gasteiger partial charge in [0.1, 0.15) is 0 Å². The summed E-state index contributed by atoms with van der Waals surface area (Å²) < 4.78 is 9.88. The lowest BCUT2D eigenvalue weighted by molar-refractivity contribution is -0.146. The predicted octanol–water partition coefficient (Wildman–Crippen LogP) is 2.17. The van der Waals surface area contributed by atoms with E-state index in [9.17, 15) is 9.59 Å². The number of esters is 1. The second-order valence-corrected chi connectivity index (χ2v) is 5.57. The second-order valence-electron chi connectivity index (χ2n) is 5.57. The number of benzene rings is 1. The smallest absolute Gasteiger partial charge is 0.410 e. The van der Waals surface area contributed by atoms with Gasteiger partial charge in [-0.3, -0.25) is 4.79 Å². The number of hydrogen-bond donors (Lipinski definition) is 0. The molecule has 2 heterocycles. The zero-order valence-electron chi connectivity index (χ0n) is 12.2. The molecular weight excluding hydrogens is 270 g/mol. The Hall–Kier alpha value is -2.04. The largest absolute Gasteiger partial charge is 0.469 e. The van der Waals surface area contributed by atoms with E-state index in [0.717, 1.165) is 18.4 Å². The molecule has 0 unspecified atom stereocenters. The Bertz CT molecular complexity index is 544. The van der Waals surface area contributed by atoms with Crippen molar-refractivity contribution < 1.29 is 19.1 Å². The number of methoxy groups -OCH3 is 2. The van der Waals surface area contributed by atoms with E-state index in [2.05, 4.69) is 0 Å². The molecule has 0 N–H and O–H groups in total. The van der Waals surface area contributed by atoms with Gasteiger partial charge in [-0.05, 0) is 18.4 Å². The first kappa shape index (κ1) is 13.9. The summed E-state index contributed by atoms with van der Waals surface area (Å²) >= 11 is 0. The highest BCUT2D eigenvalue weighted by atomic mass is 16.5. The fraction of sp³-hybridized carbons (Fsp3) is 0.500. The van der Waals surface area contributed by atoms with Crippen molar-refractivity contribution in [2.24, 2.45) is 5.92 Å². The quantitative estimate of drug-likeness (QED) is 0.783. The van der Waals surface area contributed by atoms with Gasteiger partial charge in [-0.25, -0.2) is 4.79 Å². The number of carbonyl (C=O) groups is 2. The minimum Gasteiger partial charge on any atom is -0.469 e. The van der Waals surface area contributed by atoms with E-state index in [0.29, 0.717) is 0 Å². The van der Waals surface area contributed by atoms with E-state index in [-0.39, 0.29) is 36.0 Å². The van der Waals surface area contributed by atoms with Crippen molar-refractivity contribution in [2.45, 2.75) is 30.8 Å². The van der Waals surface area contributed by atoms with Crippen LogP contribution in [-0.2, 0) is 14.3 Å². The average molecular weight is 289 g/mol. The Morgan fingerprint density at radius 2 is 1.71 bits per heavy atom. The van der Waals surface area contributed by atoms with Crippen LogP contribution in [0.15, 0.2) is 30.3 Å². The van der Waals surface area contributed by atoms with Gasteiger partial charge in [-0.2, -0.15) is 0 Å². The molecule has 0 aromatic heterocycles. The first-order chi connectivity index (χ1) is 10.2. The Balaban J connectivity index is 2.00. The molecule has 0 radical (unpaired) electrons. The van der Waals surface area contributed by atoms with Crippen LogP contribution in [0, 0.1) is 5.92 Å². The molecule has 21 heavy (non-hydrogen) atoms. The van der Waals surface area contributed by atoms with Crippen LogP contribution in [0.25, 0.3) is 0 Å². The molecule has 4 atom stereocenters. The van der Waals surface area contributed by atoms with E-state index < -0.39 is 0 Å². The molecule has 2 aliphatic heterocycles. The Kier molecular flexibility index (Phi) is 3.57. The van der Waals surface area contributed by atoms with Crippen LogP contribution in [-0.4, -0.2) is 43.3 Å². The Morgan fingerprint density at radius 3 is 2.33 bits per heavy atom. The molecule has 1 aromatic carbocycles. The van der Waals surface area contributed by atoms with Crippen molar-refractivity contribution in [1.29, 1.82) is 0 Å². The number of amides is 1. The summed E-state index contributed by atoms with van der Waals surface area (Å²) in [6.07, 6.45) is 1.37. The minimum atomic E-state index is -0.352. The van der Waals surface area contributed by atoms with Crippen LogP contribution in [0.3, 0.4) is 0 Å². The number of nitrogens with zero attached hydrogens (tertiary/aromatic N) is 1. The number of hydrogen-bond acceptors (Lipinski definition) is 4. The van der Waals surface area contributed by atoms with Gasteiger partial charge in [0.2, 0.25) is 0 Å². The van der Waals surface area contributed by atoms with Gasteiger partial charge < -0.3 is 14.4 Å². The van der Waals surface area contributed by atoms with Crippen LogP contribution < -0.4 is 0 Å². The van der Waals surface area contributed by atoms with Gasteiger partial charge in [0.15, 0.2) is 0 Å². The van der Waals surface area contributed by atoms with Crippen LogP contribution >= 0.6 is 0 Å². The molecule has 5 nitrogen and oxygen atoms in total. The molecule has 3 rings (SSSR count). The summed E-state index contributed by atoms with van der Waals surface area (Å²) in [5, 5.41) is 0. The fourth-order valence-electron chi connectivity index (χ4n) is 3.97. The van der Waals surface area contributed by atoms with E-state index in [4.69, 9.17) is 9.47 Å². The van der Waals surface area contributed by atoms with Crippen molar-refractivity contribution in [3.05, 3.63) is 35.9 Å².